The average Bonchev–Trinajstić information content (AvgIpc) is 2.36. The van der Waals surface area contributed by atoms with Crippen molar-refractivity contribution in [1.29, 1.82) is 0 Å². The lowest BCUT2D eigenvalue weighted by Gasteiger charge is -2.11. The number of aryl methyl sites for hydroxylation is 1. The molecule has 1 amide bonds. The van der Waals surface area contributed by atoms with Gasteiger partial charge in [0.15, 0.2) is 0 Å². The number of anilines is 4. The van der Waals surface area contributed by atoms with Gasteiger partial charge in [0.1, 0.15) is 0 Å². The van der Waals surface area contributed by atoms with E-state index < -0.39 is 0 Å². The molecule has 0 aliphatic rings. The molecule has 0 heterocycles. The zero-order valence-electron chi connectivity index (χ0n) is 10.6. The summed E-state index contributed by atoms with van der Waals surface area (Å²) in [6.07, 6.45) is 0. The molecule has 2 aromatic rings. The van der Waals surface area contributed by atoms with Crippen LogP contribution in [0.1, 0.15) is 15.9 Å². The van der Waals surface area contributed by atoms with Gasteiger partial charge in [0.25, 0.3) is 5.91 Å². The lowest BCUT2D eigenvalue weighted by Crippen LogP contribution is -2.13. The van der Waals surface area contributed by atoms with Crippen LogP contribution < -0.4 is 22.5 Å². The summed E-state index contributed by atoms with van der Waals surface area (Å²) in [4.78, 5) is 12.0. The number of hydrogen-bond donors (Lipinski definition) is 4. The Balaban J connectivity index is 2.24. The SMILES string of the molecule is Cc1cc(NC(=O)c2ccc(N)cc2)c(N)cc1N. The van der Waals surface area contributed by atoms with E-state index in [0.717, 1.165) is 5.56 Å². The first-order valence-corrected chi connectivity index (χ1v) is 5.80. The van der Waals surface area contributed by atoms with Crippen molar-refractivity contribution in [2.45, 2.75) is 6.92 Å². The number of carbonyl (C=O) groups is 1. The third-order valence-corrected chi connectivity index (χ3v) is 2.86. The van der Waals surface area contributed by atoms with Gasteiger partial charge in [-0.15, -0.1) is 0 Å². The first kappa shape index (κ1) is 12.8. The van der Waals surface area contributed by atoms with Crippen molar-refractivity contribution in [3.05, 3.63) is 47.5 Å². The average molecular weight is 256 g/mol. The predicted octanol–water partition coefficient (Wildman–Crippen LogP) is 1.99. The standard InChI is InChI=1S/C14H16N4O/c1-8-6-13(12(17)7-11(8)16)18-14(19)9-2-4-10(15)5-3-9/h2-7H,15-17H2,1H3,(H,18,19). The maximum atomic E-state index is 12.0. The fraction of sp³-hybridized carbons (Fsp3) is 0.0714. The molecule has 7 N–H and O–H groups in total. The van der Waals surface area contributed by atoms with Crippen LogP contribution in [0.2, 0.25) is 0 Å². The molecular formula is C14H16N4O. The highest BCUT2D eigenvalue weighted by molar-refractivity contribution is 6.06. The molecule has 0 fully saturated rings. The monoisotopic (exact) mass is 256 g/mol. The lowest BCUT2D eigenvalue weighted by atomic mass is 10.1. The molecule has 0 spiro atoms. The van der Waals surface area contributed by atoms with E-state index in [1.807, 2.05) is 6.92 Å². The Morgan fingerprint density at radius 2 is 1.63 bits per heavy atom. The summed E-state index contributed by atoms with van der Waals surface area (Å²) >= 11 is 0. The minimum atomic E-state index is -0.240. The molecule has 0 bridgehead atoms. The molecule has 0 saturated heterocycles. The second-order valence-electron chi connectivity index (χ2n) is 4.37. The molecular weight excluding hydrogens is 240 g/mol. The van der Waals surface area contributed by atoms with Crippen molar-refractivity contribution in [2.24, 2.45) is 0 Å². The molecule has 0 saturated carbocycles. The summed E-state index contributed by atoms with van der Waals surface area (Å²) in [5, 5.41) is 2.75. The van der Waals surface area contributed by atoms with Crippen molar-refractivity contribution in [3.8, 4) is 0 Å². The highest BCUT2D eigenvalue weighted by Gasteiger charge is 2.09. The summed E-state index contributed by atoms with van der Waals surface area (Å²) < 4.78 is 0. The van der Waals surface area contributed by atoms with Gasteiger partial charge in [-0.25, -0.2) is 0 Å². The molecule has 5 heteroatoms. The topological polar surface area (TPSA) is 107 Å². The maximum absolute atomic E-state index is 12.0. The van der Waals surface area contributed by atoms with E-state index >= 15 is 0 Å². The number of carbonyl (C=O) groups excluding carboxylic acids is 1. The van der Waals surface area contributed by atoms with E-state index in [0.29, 0.717) is 28.3 Å². The van der Waals surface area contributed by atoms with Crippen molar-refractivity contribution < 1.29 is 4.79 Å². The Bertz CT molecular complexity index is 620. The molecule has 98 valence electrons. The summed E-state index contributed by atoms with van der Waals surface area (Å²) in [5.74, 6) is -0.240. The van der Waals surface area contributed by atoms with Gasteiger partial charge in [-0.3, -0.25) is 4.79 Å². The number of rotatable bonds is 2. The van der Waals surface area contributed by atoms with Gasteiger partial charge in [0.2, 0.25) is 0 Å². The molecule has 0 radical (unpaired) electrons. The Kier molecular flexibility index (Phi) is 3.29. The van der Waals surface area contributed by atoms with Crippen LogP contribution in [0.15, 0.2) is 36.4 Å². The van der Waals surface area contributed by atoms with Gasteiger partial charge in [0, 0.05) is 16.9 Å². The molecule has 19 heavy (non-hydrogen) atoms. The zero-order chi connectivity index (χ0) is 14.0. The van der Waals surface area contributed by atoms with Gasteiger partial charge < -0.3 is 22.5 Å². The van der Waals surface area contributed by atoms with Crippen LogP contribution in [0.25, 0.3) is 0 Å². The molecule has 0 aliphatic heterocycles. The van der Waals surface area contributed by atoms with E-state index in [9.17, 15) is 4.79 Å². The Labute approximate surface area is 111 Å². The summed E-state index contributed by atoms with van der Waals surface area (Å²) in [6.45, 7) is 1.85. The summed E-state index contributed by atoms with van der Waals surface area (Å²) in [7, 11) is 0. The Morgan fingerprint density at radius 3 is 2.26 bits per heavy atom. The first-order valence-electron chi connectivity index (χ1n) is 5.80. The van der Waals surface area contributed by atoms with Crippen LogP contribution in [0.3, 0.4) is 0 Å². The quantitative estimate of drug-likeness (QED) is 0.616. The van der Waals surface area contributed by atoms with Crippen LogP contribution in [0, 0.1) is 6.92 Å². The number of nitrogens with two attached hydrogens (primary N) is 3. The first-order chi connectivity index (χ1) is 8.97. The number of nitrogen functional groups attached to an aromatic ring is 3. The highest BCUT2D eigenvalue weighted by atomic mass is 16.1. The van der Waals surface area contributed by atoms with Crippen LogP contribution in [0.5, 0.6) is 0 Å². The molecule has 2 rings (SSSR count). The van der Waals surface area contributed by atoms with Gasteiger partial charge in [-0.1, -0.05) is 0 Å². The van der Waals surface area contributed by atoms with Crippen molar-refractivity contribution in [1.82, 2.24) is 0 Å². The maximum Gasteiger partial charge on any atom is 0.255 e. The van der Waals surface area contributed by atoms with E-state index in [4.69, 9.17) is 17.2 Å². The fourth-order valence-electron chi connectivity index (χ4n) is 1.68. The molecule has 0 unspecified atom stereocenters. The molecule has 0 atom stereocenters. The fourth-order valence-corrected chi connectivity index (χ4v) is 1.68. The predicted molar refractivity (Wildman–Crippen MR) is 78.8 cm³/mol. The third-order valence-electron chi connectivity index (χ3n) is 2.86. The smallest absolute Gasteiger partial charge is 0.255 e. The van der Waals surface area contributed by atoms with E-state index in [1.54, 1.807) is 36.4 Å². The Hall–Kier alpha value is -2.69. The largest absolute Gasteiger partial charge is 0.399 e. The van der Waals surface area contributed by atoms with Crippen LogP contribution in [0.4, 0.5) is 22.7 Å². The second-order valence-corrected chi connectivity index (χ2v) is 4.37. The van der Waals surface area contributed by atoms with Crippen molar-refractivity contribution >= 4 is 28.7 Å². The van der Waals surface area contributed by atoms with Gasteiger partial charge >= 0.3 is 0 Å². The number of benzene rings is 2. The van der Waals surface area contributed by atoms with E-state index in [-0.39, 0.29) is 5.91 Å². The van der Waals surface area contributed by atoms with Crippen LogP contribution in [-0.4, -0.2) is 5.91 Å². The molecule has 2 aromatic carbocycles. The summed E-state index contributed by atoms with van der Waals surface area (Å²) in [6, 6.07) is 10.0. The van der Waals surface area contributed by atoms with Crippen LogP contribution in [-0.2, 0) is 0 Å². The van der Waals surface area contributed by atoms with Gasteiger partial charge in [-0.05, 0) is 48.9 Å². The lowest BCUT2D eigenvalue weighted by molar-refractivity contribution is 0.102. The Morgan fingerprint density at radius 1 is 1.00 bits per heavy atom. The zero-order valence-corrected chi connectivity index (χ0v) is 10.6. The number of hydrogen-bond acceptors (Lipinski definition) is 4. The normalized spacial score (nSPS) is 10.2. The molecule has 5 nitrogen and oxygen atoms in total. The summed E-state index contributed by atoms with van der Waals surface area (Å²) in [5.41, 5.74) is 20.7. The van der Waals surface area contributed by atoms with E-state index in [2.05, 4.69) is 5.32 Å². The van der Waals surface area contributed by atoms with Crippen molar-refractivity contribution in [2.75, 3.05) is 22.5 Å². The second kappa shape index (κ2) is 4.89. The number of nitrogens with one attached hydrogen (secondary N) is 1. The molecule has 0 aromatic heterocycles. The minimum absolute atomic E-state index is 0.240. The third kappa shape index (κ3) is 2.77. The molecule has 0 aliphatic carbocycles. The van der Waals surface area contributed by atoms with E-state index in [1.165, 1.54) is 0 Å². The van der Waals surface area contributed by atoms with Crippen LogP contribution >= 0.6 is 0 Å². The highest BCUT2D eigenvalue weighted by Crippen LogP contribution is 2.25. The van der Waals surface area contributed by atoms with Gasteiger partial charge in [-0.2, -0.15) is 0 Å². The van der Waals surface area contributed by atoms with Crippen molar-refractivity contribution in [3.63, 3.8) is 0 Å². The number of amides is 1. The minimum Gasteiger partial charge on any atom is -0.399 e. The van der Waals surface area contributed by atoms with Gasteiger partial charge in [0.05, 0.1) is 11.4 Å².